The van der Waals surface area contributed by atoms with Crippen molar-refractivity contribution in [2.24, 2.45) is 0 Å². The zero-order valence-corrected chi connectivity index (χ0v) is 12.9. The summed E-state index contributed by atoms with van der Waals surface area (Å²) in [4.78, 5) is 11.8. The summed E-state index contributed by atoms with van der Waals surface area (Å²) < 4.78 is 5.94. The van der Waals surface area contributed by atoms with Gasteiger partial charge in [0.15, 0.2) is 5.78 Å². The third kappa shape index (κ3) is 3.94. The first-order chi connectivity index (χ1) is 10.1. The maximum absolute atomic E-state index is 11.8. The smallest absolute Gasteiger partial charge is 0.162 e. The average Bonchev–Trinajstić information content (AvgIpc) is 2.52. The van der Waals surface area contributed by atoms with Crippen LogP contribution in [0.4, 0.5) is 0 Å². The molecule has 0 aliphatic heterocycles. The fourth-order valence-electron chi connectivity index (χ4n) is 2.24. The molecular formula is C19H22O2. The molecule has 2 nitrogen and oxygen atoms in total. The lowest BCUT2D eigenvalue weighted by Gasteiger charge is -2.15. The van der Waals surface area contributed by atoms with Gasteiger partial charge in [-0.15, -0.1) is 0 Å². The van der Waals surface area contributed by atoms with Crippen molar-refractivity contribution in [1.29, 1.82) is 0 Å². The first-order valence-electron chi connectivity index (χ1n) is 7.45. The molecule has 2 rings (SSSR count). The summed E-state index contributed by atoms with van der Waals surface area (Å²) in [5.74, 6) is 1.35. The van der Waals surface area contributed by atoms with E-state index in [-0.39, 0.29) is 5.78 Å². The topological polar surface area (TPSA) is 26.3 Å². The number of hydrogen-bond acceptors (Lipinski definition) is 2. The number of hydrogen-bond donors (Lipinski definition) is 0. The molecule has 0 fully saturated rings. The minimum Gasteiger partial charge on any atom is -0.489 e. The number of rotatable bonds is 6. The van der Waals surface area contributed by atoms with Gasteiger partial charge in [0.25, 0.3) is 0 Å². The number of ketones is 1. The lowest BCUT2D eigenvalue weighted by molar-refractivity contribution is 0.0988. The molecule has 0 saturated carbocycles. The van der Waals surface area contributed by atoms with Gasteiger partial charge in [-0.3, -0.25) is 4.79 Å². The van der Waals surface area contributed by atoms with E-state index in [9.17, 15) is 4.79 Å². The van der Waals surface area contributed by atoms with E-state index in [4.69, 9.17) is 4.74 Å². The van der Waals surface area contributed by atoms with Crippen molar-refractivity contribution >= 4 is 5.78 Å². The number of carbonyl (C=O) groups excluding carboxylic acids is 1. The fraction of sp³-hybridized carbons (Fsp3) is 0.316. The Morgan fingerprint density at radius 2 is 1.81 bits per heavy atom. The van der Waals surface area contributed by atoms with Crippen LogP contribution in [0.3, 0.4) is 0 Å². The third-order valence-electron chi connectivity index (χ3n) is 3.51. The van der Waals surface area contributed by atoms with Gasteiger partial charge in [-0.1, -0.05) is 51.1 Å². The van der Waals surface area contributed by atoms with E-state index >= 15 is 0 Å². The predicted octanol–water partition coefficient (Wildman–Crippen LogP) is 4.98. The van der Waals surface area contributed by atoms with Crippen LogP contribution >= 0.6 is 0 Å². The summed E-state index contributed by atoms with van der Waals surface area (Å²) in [6.07, 6.45) is 0.530. The molecule has 0 radical (unpaired) electrons. The molecular weight excluding hydrogens is 260 g/mol. The van der Waals surface area contributed by atoms with Gasteiger partial charge in [0.05, 0.1) is 0 Å². The van der Waals surface area contributed by atoms with Crippen molar-refractivity contribution < 1.29 is 9.53 Å². The zero-order valence-electron chi connectivity index (χ0n) is 12.9. The van der Waals surface area contributed by atoms with Crippen molar-refractivity contribution in [3.8, 4) is 5.75 Å². The normalized spacial score (nSPS) is 10.7. The molecule has 0 heterocycles. The second-order valence-electron chi connectivity index (χ2n) is 5.46. The van der Waals surface area contributed by atoms with Crippen LogP contribution in [0.1, 0.15) is 54.6 Å². The summed E-state index contributed by atoms with van der Waals surface area (Å²) >= 11 is 0. The van der Waals surface area contributed by atoms with Crippen LogP contribution < -0.4 is 4.74 Å². The summed E-state index contributed by atoms with van der Waals surface area (Å²) in [5.41, 5.74) is 3.00. The molecule has 0 atom stereocenters. The lowest BCUT2D eigenvalue weighted by Crippen LogP contribution is -2.03. The maximum Gasteiger partial charge on any atom is 0.162 e. The lowest BCUT2D eigenvalue weighted by atomic mass is 9.97. The Morgan fingerprint density at radius 3 is 2.43 bits per heavy atom. The Balaban J connectivity index is 2.20. The molecule has 2 aromatic carbocycles. The summed E-state index contributed by atoms with van der Waals surface area (Å²) in [6.45, 7) is 6.66. The minimum absolute atomic E-state index is 0.173. The van der Waals surface area contributed by atoms with Gasteiger partial charge in [0.2, 0.25) is 0 Å². The Labute approximate surface area is 126 Å². The van der Waals surface area contributed by atoms with E-state index in [1.807, 2.05) is 55.5 Å². The van der Waals surface area contributed by atoms with E-state index in [0.29, 0.717) is 18.9 Å². The standard InChI is InChI=1S/C19H22O2/c1-4-18(20)16-10-11-19(17(12-16)14(2)3)21-13-15-8-6-5-7-9-15/h5-12,14H,4,13H2,1-3H3. The van der Waals surface area contributed by atoms with Crippen LogP contribution in [0.5, 0.6) is 5.75 Å². The molecule has 0 unspecified atom stereocenters. The molecule has 0 saturated heterocycles. The SMILES string of the molecule is CCC(=O)c1ccc(OCc2ccccc2)c(C(C)C)c1. The molecule has 0 aromatic heterocycles. The van der Waals surface area contributed by atoms with Gasteiger partial charge in [0.1, 0.15) is 12.4 Å². The molecule has 0 aliphatic carbocycles. The Kier molecular flexibility index (Phi) is 5.15. The van der Waals surface area contributed by atoms with Crippen LogP contribution in [0.15, 0.2) is 48.5 Å². The first kappa shape index (κ1) is 15.3. The Hall–Kier alpha value is -2.09. The zero-order chi connectivity index (χ0) is 15.2. The Morgan fingerprint density at radius 1 is 1.10 bits per heavy atom. The van der Waals surface area contributed by atoms with E-state index in [0.717, 1.165) is 22.4 Å². The van der Waals surface area contributed by atoms with E-state index in [2.05, 4.69) is 13.8 Å². The number of Topliss-reactive ketones (excluding diaryl/α,β-unsaturated/α-hetero) is 1. The fourth-order valence-corrected chi connectivity index (χ4v) is 2.24. The highest BCUT2D eigenvalue weighted by Crippen LogP contribution is 2.28. The highest BCUT2D eigenvalue weighted by Gasteiger charge is 2.12. The molecule has 2 aromatic rings. The van der Waals surface area contributed by atoms with Gasteiger partial charge < -0.3 is 4.74 Å². The van der Waals surface area contributed by atoms with Gasteiger partial charge >= 0.3 is 0 Å². The molecule has 0 aliphatic rings. The monoisotopic (exact) mass is 282 g/mol. The van der Waals surface area contributed by atoms with Crippen LogP contribution in [-0.2, 0) is 6.61 Å². The average molecular weight is 282 g/mol. The molecule has 110 valence electrons. The maximum atomic E-state index is 11.8. The van der Waals surface area contributed by atoms with Crippen LogP contribution in [0, 0.1) is 0 Å². The molecule has 0 spiro atoms. The summed E-state index contributed by atoms with van der Waals surface area (Å²) in [6, 6.07) is 15.8. The largest absolute Gasteiger partial charge is 0.489 e. The molecule has 21 heavy (non-hydrogen) atoms. The van der Waals surface area contributed by atoms with Gasteiger partial charge in [-0.25, -0.2) is 0 Å². The molecule has 0 amide bonds. The van der Waals surface area contributed by atoms with Crippen molar-refractivity contribution in [1.82, 2.24) is 0 Å². The van der Waals surface area contributed by atoms with Crippen molar-refractivity contribution in [2.45, 2.75) is 39.7 Å². The summed E-state index contributed by atoms with van der Waals surface area (Å²) in [7, 11) is 0. The predicted molar refractivity (Wildman–Crippen MR) is 85.9 cm³/mol. The van der Waals surface area contributed by atoms with E-state index in [1.165, 1.54) is 0 Å². The minimum atomic E-state index is 0.173. The number of ether oxygens (including phenoxy) is 1. The molecule has 2 heteroatoms. The van der Waals surface area contributed by atoms with Crippen LogP contribution in [-0.4, -0.2) is 5.78 Å². The van der Waals surface area contributed by atoms with Gasteiger partial charge in [-0.2, -0.15) is 0 Å². The van der Waals surface area contributed by atoms with Crippen molar-refractivity contribution in [3.05, 3.63) is 65.2 Å². The van der Waals surface area contributed by atoms with Crippen LogP contribution in [0.2, 0.25) is 0 Å². The summed E-state index contributed by atoms with van der Waals surface area (Å²) in [5, 5.41) is 0. The first-order valence-corrected chi connectivity index (χ1v) is 7.45. The van der Waals surface area contributed by atoms with Crippen molar-refractivity contribution in [3.63, 3.8) is 0 Å². The van der Waals surface area contributed by atoms with Gasteiger partial charge in [0, 0.05) is 12.0 Å². The quantitative estimate of drug-likeness (QED) is 0.698. The molecule has 0 bridgehead atoms. The third-order valence-corrected chi connectivity index (χ3v) is 3.51. The number of benzene rings is 2. The van der Waals surface area contributed by atoms with Crippen molar-refractivity contribution in [2.75, 3.05) is 0 Å². The second kappa shape index (κ2) is 7.07. The number of carbonyl (C=O) groups is 1. The second-order valence-corrected chi connectivity index (χ2v) is 5.46. The Bertz CT molecular complexity index is 600. The molecule has 0 N–H and O–H groups in total. The van der Waals surface area contributed by atoms with E-state index in [1.54, 1.807) is 0 Å². The van der Waals surface area contributed by atoms with Gasteiger partial charge in [-0.05, 0) is 35.2 Å². The highest BCUT2D eigenvalue weighted by molar-refractivity contribution is 5.96. The highest BCUT2D eigenvalue weighted by atomic mass is 16.5. The van der Waals surface area contributed by atoms with E-state index < -0.39 is 0 Å². The van der Waals surface area contributed by atoms with Crippen LogP contribution in [0.25, 0.3) is 0 Å².